The van der Waals surface area contributed by atoms with Crippen LogP contribution >= 0.6 is 21.9 Å². The second-order valence-corrected chi connectivity index (χ2v) is 3.46. The number of hydroxylamine groups is 1. The number of carbonyl (C=O) groups is 1. The van der Waals surface area contributed by atoms with Crippen molar-refractivity contribution in [2.24, 2.45) is 0 Å². The van der Waals surface area contributed by atoms with E-state index in [1.165, 1.54) is 0 Å². The Morgan fingerprint density at radius 2 is 2.08 bits per heavy atom. The third-order valence-electron chi connectivity index (χ3n) is 0.584. The zero-order chi connectivity index (χ0) is 9.61. The first-order valence-electron chi connectivity index (χ1n) is 3.05. The van der Waals surface area contributed by atoms with E-state index in [2.05, 4.69) is 9.32 Å². The minimum absolute atomic E-state index is 0.441. The third kappa shape index (κ3) is 7.93. The SMILES string of the molecule is CC(C)(C)OC(=O)NOOSCl. The van der Waals surface area contributed by atoms with Crippen LogP contribution in [0.5, 0.6) is 0 Å². The van der Waals surface area contributed by atoms with Gasteiger partial charge in [-0.3, -0.25) is 0 Å². The second kappa shape index (κ2) is 5.47. The number of ether oxygens (including phenoxy) is 1. The van der Waals surface area contributed by atoms with Crippen LogP contribution in [0.3, 0.4) is 0 Å². The lowest BCUT2D eigenvalue weighted by Crippen LogP contribution is -2.32. The lowest BCUT2D eigenvalue weighted by Gasteiger charge is -2.18. The van der Waals surface area contributed by atoms with E-state index in [9.17, 15) is 4.79 Å². The quantitative estimate of drug-likeness (QED) is 0.339. The first-order chi connectivity index (χ1) is 5.45. The Bertz CT molecular complexity index is 149. The van der Waals surface area contributed by atoms with Crippen LogP contribution in [0.4, 0.5) is 4.79 Å². The number of carbonyl (C=O) groups excluding carboxylic acids is 1. The minimum atomic E-state index is -0.742. The molecule has 0 saturated carbocycles. The molecular weight excluding hydrogens is 206 g/mol. The largest absolute Gasteiger partial charge is 0.442 e. The minimum Gasteiger partial charge on any atom is -0.442 e. The molecule has 0 bridgehead atoms. The molecule has 0 unspecified atom stereocenters. The molecule has 0 saturated heterocycles. The molecule has 0 heterocycles. The summed E-state index contributed by atoms with van der Waals surface area (Å²) in [5, 5.41) is 0. The van der Waals surface area contributed by atoms with Crippen molar-refractivity contribution in [1.82, 2.24) is 5.48 Å². The highest BCUT2D eigenvalue weighted by Crippen LogP contribution is 2.08. The molecule has 0 radical (unpaired) electrons. The third-order valence-corrected chi connectivity index (χ3v) is 0.857. The monoisotopic (exact) mass is 215 g/mol. The molecule has 0 aromatic rings. The van der Waals surface area contributed by atoms with Gasteiger partial charge in [-0.2, -0.15) is 5.48 Å². The maximum atomic E-state index is 10.7. The van der Waals surface area contributed by atoms with Crippen LogP contribution in [-0.4, -0.2) is 11.7 Å². The molecule has 0 aliphatic rings. The van der Waals surface area contributed by atoms with Crippen LogP contribution in [0.1, 0.15) is 20.8 Å². The lowest BCUT2D eigenvalue weighted by molar-refractivity contribution is -0.234. The van der Waals surface area contributed by atoms with Crippen molar-refractivity contribution in [2.75, 3.05) is 0 Å². The highest BCUT2D eigenvalue weighted by atomic mass is 35.7. The van der Waals surface area contributed by atoms with Gasteiger partial charge in [-0.05, 0) is 31.5 Å². The van der Waals surface area contributed by atoms with Gasteiger partial charge in [-0.25, -0.2) is 4.79 Å². The van der Waals surface area contributed by atoms with Gasteiger partial charge in [0.15, 0.2) is 0 Å². The fourth-order valence-corrected chi connectivity index (χ4v) is 0.500. The number of nitrogens with one attached hydrogen (secondary N) is 1. The van der Waals surface area contributed by atoms with Gasteiger partial charge in [0.1, 0.15) is 16.9 Å². The summed E-state index contributed by atoms with van der Waals surface area (Å²) in [6, 6.07) is 0. The standard InChI is InChI=1S/C5H10ClNO4S/c1-5(2,3)9-4(8)7-10-11-12-6/h1-3H3,(H,7,8). The first-order valence-corrected chi connectivity index (χ1v) is 4.62. The average Bonchev–Trinajstić information content (AvgIpc) is 1.84. The summed E-state index contributed by atoms with van der Waals surface area (Å²) in [6.45, 7) is 5.18. The van der Waals surface area contributed by atoms with E-state index in [1.807, 2.05) is 5.48 Å². The van der Waals surface area contributed by atoms with Gasteiger partial charge in [0.25, 0.3) is 0 Å². The zero-order valence-corrected chi connectivity index (χ0v) is 8.49. The molecule has 1 amide bonds. The number of amides is 1. The van der Waals surface area contributed by atoms with E-state index < -0.39 is 11.7 Å². The maximum Gasteiger partial charge on any atom is 0.434 e. The highest BCUT2D eigenvalue weighted by molar-refractivity contribution is 8.17. The Morgan fingerprint density at radius 3 is 2.50 bits per heavy atom. The first kappa shape index (κ1) is 11.8. The number of hydrogen-bond donors (Lipinski definition) is 1. The van der Waals surface area contributed by atoms with Crippen LogP contribution in [0.15, 0.2) is 0 Å². The van der Waals surface area contributed by atoms with E-state index in [0.717, 1.165) is 0 Å². The number of hydrogen-bond acceptors (Lipinski definition) is 5. The molecule has 0 aliphatic carbocycles. The second-order valence-electron chi connectivity index (χ2n) is 2.82. The molecule has 0 atom stereocenters. The highest BCUT2D eigenvalue weighted by Gasteiger charge is 2.16. The van der Waals surface area contributed by atoms with Crippen LogP contribution in [-0.2, 0) is 14.1 Å². The van der Waals surface area contributed by atoms with Crippen LogP contribution < -0.4 is 5.48 Å². The van der Waals surface area contributed by atoms with Crippen molar-refractivity contribution in [3.8, 4) is 0 Å². The van der Waals surface area contributed by atoms with E-state index in [0.29, 0.717) is 11.3 Å². The molecule has 5 nitrogen and oxygen atoms in total. The fourth-order valence-electron chi connectivity index (χ4n) is 0.363. The molecular formula is C5H10ClNO4S. The average molecular weight is 216 g/mol. The van der Waals surface area contributed by atoms with Gasteiger partial charge in [0, 0.05) is 0 Å². The van der Waals surface area contributed by atoms with Crippen molar-refractivity contribution >= 4 is 28.0 Å². The smallest absolute Gasteiger partial charge is 0.434 e. The number of rotatable bonds is 3. The number of halogens is 1. The van der Waals surface area contributed by atoms with Crippen molar-refractivity contribution in [1.29, 1.82) is 0 Å². The van der Waals surface area contributed by atoms with E-state index >= 15 is 0 Å². The van der Waals surface area contributed by atoms with Gasteiger partial charge in [0.05, 0.1) is 0 Å². The maximum absolute atomic E-state index is 10.7. The summed E-state index contributed by atoms with van der Waals surface area (Å²) in [6.07, 6.45) is -0.742. The Kier molecular flexibility index (Phi) is 5.39. The van der Waals surface area contributed by atoms with E-state index in [4.69, 9.17) is 15.4 Å². The summed E-state index contributed by atoms with van der Waals surface area (Å²) >= 11 is 0.441. The van der Waals surface area contributed by atoms with Crippen molar-refractivity contribution in [3.63, 3.8) is 0 Å². The Hall–Kier alpha value is -0.170. The normalized spacial score (nSPS) is 11.0. The predicted octanol–water partition coefficient (Wildman–Crippen LogP) is 2.18. The molecule has 12 heavy (non-hydrogen) atoms. The van der Waals surface area contributed by atoms with Crippen molar-refractivity contribution < 1.29 is 18.9 Å². The molecule has 0 aromatic carbocycles. The summed E-state index contributed by atoms with van der Waals surface area (Å²) < 4.78 is 8.87. The Labute approximate surface area is 79.3 Å². The summed E-state index contributed by atoms with van der Waals surface area (Å²) in [5.41, 5.74) is 1.28. The predicted molar refractivity (Wildman–Crippen MR) is 45.0 cm³/mol. The summed E-state index contributed by atoms with van der Waals surface area (Å²) in [5.74, 6) is 0. The van der Waals surface area contributed by atoms with Crippen LogP contribution in [0.2, 0.25) is 0 Å². The van der Waals surface area contributed by atoms with Gasteiger partial charge in [-0.15, -0.1) is 4.33 Å². The Morgan fingerprint density at radius 1 is 1.50 bits per heavy atom. The summed E-state index contributed by atoms with van der Waals surface area (Å²) in [4.78, 5) is 14.8. The fraction of sp³-hybridized carbons (Fsp3) is 0.800. The van der Waals surface area contributed by atoms with Gasteiger partial charge in [0.2, 0.25) is 0 Å². The topological polar surface area (TPSA) is 56.8 Å². The van der Waals surface area contributed by atoms with Crippen LogP contribution in [0, 0.1) is 0 Å². The van der Waals surface area contributed by atoms with Gasteiger partial charge >= 0.3 is 6.09 Å². The van der Waals surface area contributed by atoms with Crippen molar-refractivity contribution in [2.45, 2.75) is 26.4 Å². The van der Waals surface area contributed by atoms with Gasteiger partial charge in [-0.1, -0.05) is 4.99 Å². The van der Waals surface area contributed by atoms with Crippen LogP contribution in [0.25, 0.3) is 0 Å². The summed E-state index contributed by atoms with van der Waals surface area (Å²) in [7, 11) is 5.00. The molecule has 0 aliphatic heterocycles. The molecule has 72 valence electrons. The molecule has 7 heteroatoms. The molecule has 0 fully saturated rings. The zero-order valence-electron chi connectivity index (χ0n) is 6.92. The molecule has 0 aromatic heterocycles. The van der Waals surface area contributed by atoms with Gasteiger partial charge < -0.3 is 4.74 Å². The molecule has 0 rings (SSSR count). The Balaban J connectivity index is 3.47. The van der Waals surface area contributed by atoms with E-state index in [1.54, 1.807) is 20.8 Å². The van der Waals surface area contributed by atoms with E-state index in [-0.39, 0.29) is 0 Å². The molecule has 1 N–H and O–H groups in total. The molecule has 0 spiro atoms. The van der Waals surface area contributed by atoms with Crippen molar-refractivity contribution in [3.05, 3.63) is 0 Å². The lowest BCUT2D eigenvalue weighted by atomic mass is 10.2.